The van der Waals surface area contributed by atoms with Crippen molar-refractivity contribution < 1.29 is 19.1 Å². The molecule has 0 aliphatic carbocycles. The van der Waals surface area contributed by atoms with Crippen molar-refractivity contribution >= 4 is 23.6 Å². The predicted octanol–water partition coefficient (Wildman–Crippen LogP) is 3.19. The van der Waals surface area contributed by atoms with E-state index < -0.39 is 6.04 Å². The zero-order chi connectivity index (χ0) is 20.6. The molecule has 0 saturated carbocycles. The standard InChI is InChI=1S/C22H26N2O4S/c1-15(17-8-9-19-20(14-17)28-12-11-27-19)23-22(26)18(10-13-29-2)24-21(25)16-6-4-3-5-7-16/h3-9,14-15,18H,10-13H2,1-2H3,(H,23,26)(H,24,25)/t15-,18+/m0/s1. The molecule has 0 aromatic heterocycles. The first-order valence-electron chi connectivity index (χ1n) is 9.63. The van der Waals surface area contributed by atoms with E-state index in [9.17, 15) is 9.59 Å². The van der Waals surface area contributed by atoms with Gasteiger partial charge in [0.15, 0.2) is 11.5 Å². The number of nitrogens with one attached hydrogen (secondary N) is 2. The van der Waals surface area contributed by atoms with E-state index in [1.54, 1.807) is 36.0 Å². The van der Waals surface area contributed by atoms with Gasteiger partial charge in [-0.2, -0.15) is 11.8 Å². The summed E-state index contributed by atoms with van der Waals surface area (Å²) >= 11 is 1.64. The second kappa shape index (κ2) is 10.2. The van der Waals surface area contributed by atoms with Crippen molar-refractivity contribution in [3.05, 3.63) is 59.7 Å². The molecule has 0 bridgehead atoms. The molecule has 1 aliphatic rings. The molecule has 0 unspecified atom stereocenters. The Morgan fingerprint density at radius 3 is 2.48 bits per heavy atom. The van der Waals surface area contributed by atoms with Crippen molar-refractivity contribution in [1.82, 2.24) is 10.6 Å². The Morgan fingerprint density at radius 1 is 1.03 bits per heavy atom. The molecule has 29 heavy (non-hydrogen) atoms. The van der Waals surface area contributed by atoms with Gasteiger partial charge in [-0.3, -0.25) is 9.59 Å². The van der Waals surface area contributed by atoms with Crippen LogP contribution >= 0.6 is 11.8 Å². The molecule has 2 amide bonds. The van der Waals surface area contributed by atoms with Gasteiger partial charge in [-0.25, -0.2) is 0 Å². The normalized spacial score (nSPS) is 14.6. The SMILES string of the molecule is CSCC[C@@H](NC(=O)c1ccccc1)C(=O)N[C@@H](C)c1ccc2c(c1)OCCO2. The third-order valence-electron chi connectivity index (χ3n) is 4.69. The molecule has 2 N–H and O–H groups in total. The third-order valence-corrected chi connectivity index (χ3v) is 5.34. The lowest BCUT2D eigenvalue weighted by Gasteiger charge is -2.23. The first-order chi connectivity index (χ1) is 14.1. The molecule has 1 aliphatic heterocycles. The summed E-state index contributed by atoms with van der Waals surface area (Å²) in [6.45, 7) is 2.96. The van der Waals surface area contributed by atoms with Crippen LogP contribution in [0.15, 0.2) is 48.5 Å². The number of hydrogen-bond acceptors (Lipinski definition) is 5. The zero-order valence-corrected chi connectivity index (χ0v) is 17.5. The van der Waals surface area contributed by atoms with E-state index >= 15 is 0 Å². The highest BCUT2D eigenvalue weighted by molar-refractivity contribution is 7.98. The van der Waals surface area contributed by atoms with Gasteiger partial charge in [0, 0.05) is 5.56 Å². The number of thioether (sulfide) groups is 1. The highest BCUT2D eigenvalue weighted by Gasteiger charge is 2.23. The molecule has 2 atom stereocenters. The number of ether oxygens (including phenoxy) is 2. The highest BCUT2D eigenvalue weighted by Crippen LogP contribution is 2.32. The Labute approximate surface area is 175 Å². The molecule has 0 spiro atoms. The first kappa shape index (κ1) is 21.0. The predicted molar refractivity (Wildman–Crippen MR) is 115 cm³/mol. The Hall–Kier alpha value is -2.67. The van der Waals surface area contributed by atoms with Crippen LogP contribution in [-0.2, 0) is 4.79 Å². The fraction of sp³-hybridized carbons (Fsp3) is 0.364. The second-order valence-electron chi connectivity index (χ2n) is 6.81. The summed E-state index contributed by atoms with van der Waals surface area (Å²) in [4.78, 5) is 25.4. The van der Waals surface area contributed by atoms with Crippen LogP contribution in [0.1, 0.15) is 35.3 Å². The molecule has 0 fully saturated rings. The molecular formula is C22H26N2O4S. The number of carbonyl (C=O) groups is 2. The summed E-state index contributed by atoms with van der Waals surface area (Å²) in [5, 5.41) is 5.88. The molecule has 2 aromatic rings. The maximum Gasteiger partial charge on any atom is 0.251 e. The average Bonchev–Trinajstić information content (AvgIpc) is 2.76. The van der Waals surface area contributed by atoms with E-state index in [0.29, 0.717) is 36.7 Å². The van der Waals surface area contributed by atoms with Gasteiger partial charge in [-0.05, 0) is 55.2 Å². The molecule has 2 aromatic carbocycles. The minimum absolute atomic E-state index is 0.203. The number of amides is 2. The maximum absolute atomic E-state index is 12.9. The van der Waals surface area contributed by atoms with E-state index in [2.05, 4.69) is 10.6 Å². The lowest BCUT2D eigenvalue weighted by molar-refractivity contribution is -0.123. The van der Waals surface area contributed by atoms with Crippen LogP contribution in [-0.4, -0.2) is 43.1 Å². The van der Waals surface area contributed by atoms with E-state index in [1.165, 1.54) is 0 Å². The van der Waals surface area contributed by atoms with Crippen molar-refractivity contribution in [1.29, 1.82) is 0 Å². The minimum atomic E-state index is -0.602. The molecule has 0 saturated heterocycles. The zero-order valence-electron chi connectivity index (χ0n) is 16.6. The van der Waals surface area contributed by atoms with Crippen molar-refractivity contribution in [2.75, 3.05) is 25.2 Å². The second-order valence-corrected chi connectivity index (χ2v) is 7.79. The van der Waals surface area contributed by atoms with Gasteiger partial charge in [0.2, 0.25) is 5.91 Å². The quantitative estimate of drug-likeness (QED) is 0.694. The molecule has 154 valence electrons. The van der Waals surface area contributed by atoms with Gasteiger partial charge in [-0.1, -0.05) is 24.3 Å². The summed E-state index contributed by atoms with van der Waals surface area (Å²) < 4.78 is 11.2. The van der Waals surface area contributed by atoms with Crippen molar-refractivity contribution in [2.45, 2.75) is 25.4 Å². The van der Waals surface area contributed by atoms with E-state index in [1.807, 2.05) is 37.4 Å². The largest absolute Gasteiger partial charge is 0.486 e. The molecule has 1 heterocycles. The smallest absolute Gasteiger partial charge is 0.251 e. The number of benzene rings is 2. The van der Waals surface area contributed by atoms with Gasteiger partial charge < -0.3 is 20.1 Å². The van der Waals surface area contributed by atoms with Crippen molar-refractivity contribution in [3.63, 3.8) is 0 Å². The van der Waals surface area contributed by atoms with Crippen molar-refractivity contribution in [3.8, 4) is 11.5 Å². The van der Waals surface area contributed by atoms with E-state index in [4.69, 9.17) is 9.47 Å². The topological polar surface area (TPSA) is 76.7 Å². The Balaban J connectivity index is 1.66. The summed E-state index contributed by atoms with van der Waals surface area (Å²) in [5.41, 5.74) is 1.45. The summed E-state index contributed by atoms with van der Waals surface area (Å²) in [7, 11) is 0. The minimum Gasteiger partial charge on any atom is -0.486 e. The number of fused-ring (bicyclic) bond motifs is 1. The highest BCUT2D eigenvalue weighted by atomic mass is 32.2. The Kier molecular flexibility index (Phi) is 7.41. The lowest BCUT2D eigenvalue weighted by atomic mass is 10.1. The third kappa shape index (κ3) is 5.67. The fourth-order valence-corrected chi connectivity index (χ4v) is 3.53. The lowest BCUT2D eigenvalue weighted by Crippen LogP contribution is -2.47. The Morgan fingerprint density at radius 2 is 1.76 bits per heavy atom. The number of hydrogen-bond donors (Lipinski definition) is 2. The molecular weight excluding hydrogens is 388 g/mol. The molecule has 6 nitrogen and oxygen atoms in total. The van der Waals surface area contributed by atoms with Crippen LogP contribution in [0.5, 0.6) is 11.5 Å². The average molecular weight is 415 g/mol. The van der Waals surface area contributed by atoms with Crippen LogP contribution in [0.25, 0.3) is 0 Å². The van der Waals surface area contributed by atoms with Crippen LogP contribution in [0.3, 0.4) is 0 Å². The van der Waals surface area contributed by atoms with Crippen molar-refractivity contribution in [2.24, 2.45) is 0 Å². The molecule has 7 heteroatoms. The van der Waals surface area contributed by atoms with Crippen LogP contribution < -0.4 is 20.1 Å². The first-order valence-corrected chi connectivity index (χ1v) is 11.0. The van der Waals surface area contributed by atoms with Gasteiger partial charge in [0.1, 0.15) is 19.3 Å². The van der Waals surface area contributed by atoms with Gasteiger partial charge in [-0.15, -0.1) is 0 Å². The molecule has 3 rings (SSSR count). The molecule has 0 radical (unpaired) electrons. The number of rotatable bonds is 8. The summed E-state index contributed by atoms with van der Waals surface area (Å²) in [6, 6.07) is 13.7. The number of carbonyl (C=O) groups excluding carboxylic acids is 2. The van der Waals surface area contributed by atoms with Gasteiger partial charge in [0.05, 0.1) is 6.04 Å². The summed E-state index contributed by atoms with van der Waals surface area (Å²) in [5.74, 6) is 1.72. The van der Waals surface area contributed by atoms with Crippen LogP contribution in [0.4, 0.5) is 0 Å². The maximum atomic E-state index is 12.9. The summed E-state index contributed by atoms with van der Waals surface area (Å²) in [6.07, 6.45) is 2.53. The van der Waals surface area contributed by atoms with Gasteiger partial charge >= 0.3 is 0 Å². The van der Waals surface area contributed by atoms with Crippen LogP contribution in [0.2, 0.25) is 0 Å². The van der Waals surface area contributed by atoms with E-state index in [-0.39, 0.29) is 17.9 Å². The Bertz CT molecular complexity index is 844. The monoisotopic (exact) mass is 414 g/mol. The van der Waals surface area contributed by atoms with Gasteiger partial charge in [0.25, 0.3) is 5.91 Å². The van der Waals surface area contributed by atoms with E-state index in [0.717, 1.165) is 11.3 Å². The van der Waals surface area contributed by atoms with Crippen LogP contribution in [0, 0.1) is 0 Å². The fourth-order valence-electron chi connectivity index (χ4n) is 3.06.